The lowest BCUT2D eigenvalue weighted by Gasteiger charge is -2.10. The van der Waals surface area contributed by atoms with E-state index in [9.17, 15) is 9.18 Å². The number of benzene rings is 2. The zero-order valence-electron chi connectivity index (χ0n) is 12.4. The van der Waals surface area contributed by atoms with Gasteiger partial charge in [-0.15, -0.1) is 11.8 Å². The molecule has 23 heavy (non-hydrogen) atoms. The average Bonchev–Trinajstić information content (AvgIpc) is 2.54. The van der Waals surface area contributed by atoms with E-state index >= 15 is 0 Å². The van der Waals surface area contributed by atoms with Crippen LogP contribution in [0.2, 0.25) is 0 Å². The topological polar surface area (TPSA) is 50.2 Å². The molecular formula is C18H14FNO2S. The number of pyridine rings is 1. The van der Waals surface area contributed by atoms with E-state index in [1.165, 1.54) is 23.9 Å². The molecule has 2 aromatic carbocycles. The maximum atomic E-state index is 13.4. The molecular weight excluding hydrogens is 313 g/mol. The second-order valence-electron chi connectivity index (χ2n) is 5.15. The summed E-state index contributed by atoms with van der Waals surface area (Å²) in [5.41, 5.74) is 2.43. The van der Waals surface area contributed by atoms with Crippen LogP contribution in [0.5, 0.6) is 0 Å². The van der Waals surface area contributed by atoms with Gasteiger partial charge in [-0.05, 0) is 48.4 Å². The van der Waals surface area contributed by atoms with Crippen molar-refractivity contribution in [2.75, 3.05) is 0 Å². The normalized spacial score (nSPS) is 12.3. The molecule has 0 saturated carbocycles. The minimum Gasteiger partial charge on any atom is -0.480 e. The first kappa shape index (κ1) is 15.5. The fourth-order valence-electron chi connectivity index (χ4n) is 2.31. The Bertz CT molecular complexity index is 882. The van der Waals surface area contributed by atoms with Crippen molar-refractivity contribution >= 4 is 28.6 Å². The molecule has 0 aliphatic rings. The van der Waals surface area contributed by atoms with Crippen LogP contribution in [0, 0.1) is 5.82 Å². The van der Waals surface area contributed by atoms with Crippen molar-refractivity contribution in [2.24, 2.45) is 0 Å². The summed E-state index contributed by atoms with van der Waals surface area (Å²) in [4.78, 5) is 16.2. The highest BCUT2D eigenvalue weighted by atomic mass is 32.2. The lowest BCUT2D eigenvalue weighted by molar-refractivity contribution is -0.136. The molecule has 3 rings (SSSR count). The molecule has 1 N–H and O–H groups in total. The predicted molar refractivity (Wildman–Crippen MR) is 90.1 cm³/mol. The molecule has 1 unspecified atom stereocenters. The van der Waals surface area contributed by atoms with Crippen molar-refractivity contribution < 1.29 is 14.3 Å². The molecule has 5 heteroatoms. The molecule has 0 fully saturated rings. The van der Waals surface area contributed by atoms with Gasteiger partial charge >= 0.3 is 5.97 Å². The Morgan fingerprint density at radius 2 is 1.96 bits per heavy atom. The third-order valence-corrected chi connectivity index (χ3v) is 4.68. The molecule has 1 atom stereocenters. The summed E-state index contributed by atoms with van der Waals surface area (Å²) in [5, 5.41) is 9.41. The molecule has 3 aromatic rings. The summed E-state index contributed by atoms with van der Waals surface area (Å²) in [6.07, 6.45) is 1.67. The van der Waals surface area contributed by atoms with Gasteiger partial charge in [0.2, 0.25) is 0 Å². The molecule has 0 radical (unpaired) electrons. The first-order chi connectivity index (χ1) is 11.0. The number of rotatable bonds is 4. The number of carboxylic acid groups (broad SMARTS) is 1. The van der Waals surface area contributed by atoms with Crippen LogP contribution < -0.4 is 0 Å². The lowest BCUT2D eigenvalue weighted by atomic mass is 10.0. The van der Waals surface area contributed by atoms with Gasteiger partial charge in [0.05, 0.1) is 5.52 Å². The number of hydrogen-bond acceptors (Lipinski definition) is 3. The third kappa shape index (κ3) is 3.35. The van der Waals surface area contributed by atoms with E-state index in [0.29, 0.717) is 0 Å². The van der Waals surface area contributed by atoms with Gasteiger partial charge in [-0.2, -0.15) is 0 Å². The van der Waals surface area contributed by atoms with E-state index in [4.69, 9.17) is 5.11 Å². The van der Waals surface area contributed by atoms with E-state index in [2.05, 4.69) is 4.98 Å². The fourth-order valence-corrected chi connectivity index (χ4v) is 3.22. The van der Waals surface area contributed by atoms with Crippen molar-refractivity contribution in [1.29, 1.82) is 0 Å². The summed E-state index contributed by atoms with van der Waals surface area (Å²) in [7, 11) is 0. The van der Waals surface area contributed by atoms with E-state index in [0.717, 1.165) is 26.9 Å². The van der Waals surface area contributed by atoms with Gasteiger partial charge < -0.3 is 5.11 Å². The number of aliphatic carboxylic acids is 1. The highest BCUT2D eigenvalue weighted by molar-refractivity contribution is 8.00. The van der Waals surface area contributed by atoms with E-state index in [-0.39, 0.29) is 5.82 Å². The summed E-state index contributed by atoms with van der Waals surface area (Å²) < 4.78 is 13.4. The zero-order chi connectivity index (χ0) is 16.4. The molecule has 1 aromatic heterocycles. The molecule has 0 bridgehead atoms. The molecule has 0 aliphatic carbocycles. The van der Waals surface area contributed by atoms with Crippen molar-refractivity contribution in [1.82, 2.24) is 4.98 Å². The Kier molecular flexibility index (Phi) is 4.30. The van der Waals surface area contributed by atoms with E-state index in [1.54, 1.807) is 19.2 Å². The molecule has 116 valence electrons. The van der Waals surface area contributed by atoms with Crippen LogP contribution >= 0.6 is 11.8 Å². The minimum atomic E-state index is -0.860. The van der Waals surface area contributed by atoms with Gasteiger partial charge in [0.1, 0.15) is 11.1 Å². The summed E-state index contributed by atoms with van der Waals surface area (Å²) in [6.45, 7) is 1.65. The molecule has 3 nitrogen and oxygen atoms in total. The van der Waals surface area contributed by atoms with Gasteiger partial charge in [-0.3, -0.25) is 9.78 Å². The molecule has 0 saturated heterocycles. The second-order valence-corrected chi connectivity index (χ2v) is 6.53. The van der Waals surface area contributed by atoms with Crippen LogP contribution in [-0.4, -0.2) is 21.3 Å². The van der Waals surface area contributed by atoms with Crippen molar-refractivity contribution in [3.05, 3.63) is 60.5 Å². The zero-order valence-corrected chi connectivity index (χ0v) is 13.2. The number of carbonyl (C=O) groups is 1. The largest absolute Gasteiger partial charge is 0.480 e. The molecule has 0 amide bonds. The Morgan fingerprint density at radius 1 is 1.17 bits per heavy atom. The number of aromatic nitrogens is 1. The number of carboxylic acids is 1. The SMILES string of the molecule is CC(Sc1ccnc2ccc(-c3cccc(F)c3)cc12)C(=O)O. The maximum Gasteiger partial charge on any atom is 0.316 e. The van der Waals surface area contributed by atoms with Gasteiger partial charge in [0, 0.05) is 16.5 Å². The average molecular weight is 327 g/mol. The van der Waals surface area contributed by atoms with Crippen LogP contribution in [0.15, 0.2) is 59.6 Å². The number of thioether (sulfide) groups is 1. The van der Waals surface area contributed by atoms with Crippen LogP contribution in [0.25, 0.3) is 22.0 Å². The lowest BCUT2D eigenvalue weighted by Crippen LogP contribution is -2.11. The molecule has 1 heterocycles. The Morgan fingerprint density at radius 3 is 2.70 bits per heavy atom. The highest BCUT2D eigenvalue weighted by Gasteiger charge is 2.14. The summed E-state index contributed by atoms with van der Waals surface area (Å²) in [5.74, 6) is -1.15. The summed E-state index contributed by atoms with van der Waals surface area (Å²) in [6, 6.07) is 13.9. The van der Waals surface area contributed by atoms with Gasteiger partial charge in [-0.1, -0.05) is 18.2 Å². The molecule has 0 spiro atoms. The second kappa shape index (κ2) is 6.38. The van der Waals surface area contributed by atoms with Crippen LogP contribution in [0.3, 0.4) is 0 Å². The monoisotopic (exact) mass is 327 g/mol. The van der Waals surface area contributed by atoms with Gasteiger partial charge in [0.15, 0.2) is 0 Å². The first-order valence-corrected chi connectivity index (χ1v) is 7.97. The van der Waals surface area contributed by atoms with Crippen molar-refractivity contribution in [3.8, 4) is 11.1 Å². The van der Waals surface area contributed by atoms with Crippen LogP contribution in [-0.2, 0) is 4.79 Å². The number of halogens is 1. The van der Waals surface area contributed by atoms with Crippen LogP contribution in [0.1, 0.15) is 6.92 Å². The van der Waals surface area contributed by atoms with E-state index in [1.807, 2.05) is 30.3 Å². The van der Waals surface area contributed by atoms with Gasteiger partial charge in [0.25, 0.3) is 0 Å². The number of fused-ring (bicyclic) bond motifs is 1. The predicted octanol–water partition coefficient (Wildman–Crippen LogP) is 4.61. The number of nitrogens with zero attached hydrogens (tertiary/aromatic N) is 1. The van der Waals surface area contributed by atoms with Crippen LogP contribution in [0.4, 0.5) is 4.39 Å². The van der Waals surface area contributed by atoms with Crippen molar-refractivity contribution in [3.63, 3.8) is 0 Å². The fraction of sp³-hybridized carbons (Fsp3) is 0.111. The van der Waals surface area contributed by atoms with E-state index < -0.39 is 11.2 Å². The van der Waals surface area contributed by atoms with Gasteiger partial charge in [-0.25, -0.2) is 4.39 Å². The maximum absolute atomic E-state index is 13.4. The molecule has 0 aliphatic heterocycles. The quantitative estimate of drug-likeness (QED) is 0.711. The minimum absolute atomic E-state index is 0.289. The Balaban J connectivity index is 2.09. The standard InChI is InChI=1S/C18H14FNO2S/c1-11(18(21)22)23-17-7-8-20-16-6-5-13(10-15(16)17)12-3-2-4-14(19)9-12/h2-11H,1H3,(H,21,22). The smallest absolute Gasteiger partial charge is 0.316 e. The van der Waals surface area contributed by atoms with Crippen molar-refractivity contribution in [2.45, 2.75) is 17.1 Å². The Labute approximate surface area is 137 Å². The Hall–Kier alpha value is -2.40. The third-order valence-electron chi connectivity index (χ3n) is 3.51. The highest BCUT2D eigenvalue weighted by Crippen LogP contribution is 2.32. The number of hydrogen-bond donors (Lipinski definition) is 1. The first-order valence-electron chi connectivity index (χ1n) is 7.09. The summed E-state index contributed by atoms with van der Waals surface area (Å²) >= 11 is 1.27.